The van der Waals surface area contributed by atoms with Gasteiger partial charge in [-0.15, -0.1) is 11.6 Å². The van der Waals surface area contributed by atoms with Gasteiger partial charge in [0, 0.05) is 31.6 Å². The quantitative estimate of drug-likeness (QED) is 0.774. The van der Waals surface area contributed by atoms with Gasteiger partial charge in [-0.05, 0) is 43.6 Å². The van der Waals surface area contributed by atoms with E-state index in [0.29, 0.717) is 5.88 Å². The number of benzene rings is 1. The summed E-state index contributed by atoms with van der Waals surface area (Å²) < 4.78 is 0. The first-order chi connectivity index (χ1) is 9.20. The molecule has 0 atom stereocenters. The topological polar surface area (TPSA) is 23.6 Å². The van der Waals surface area contributed by atoms with Crippen molar-refractivity contribution in [3.8, 4) is 0 Å². The van der Waals surface area contributed by atoms with Crippen LogP contribution in [-0.2, 0) is 5.88 Å². The fourth-order valence-electron chi connectivity index (χ4n) is 2.36. The molecule has 0 saturated carbocycles. The number of carbonyl (C=O) groups is 1. The molecule has 1 amide bonds. The molecule has 19 heavy (non-hydrogen) atoms. The molecular formula is C15H21ClN2O. The number of hydrogen-bond donors (Lipinski definition) is 0. The number of halogens is 1. The molecule has 0 aromatic heterocycles. The van der Waals surface area contributed by atoms with E-state index in [4.69, 9.17) is 11.6 Å². The van der Waals surface area contributed by atoms with E-state index in [0.717, 1.165) is 24.2 Å². The highest BCUT2D eigenvalue weighted by Gasteiger charge is 2.15. The third-order valence-electron chi connectivity index (χ3n) is 3.65. The van der Waals surface area contributed by atoms with Crippen LogP contribution >= 0.6 is 11.6 Å². The normalized spacial score (nSPS) is 15.7. The summed E-state index contributed by atoms with van der Waals surface area (Å²) in [4.78, 5) is 16.4. The van der Waals surface area contributed by atoms with Gasteiger partial charge in [-0.2, -0.15) is 0 Å². The van der Waals surface area contributed by atoms with Crippen LogP contribution in [0.5, 0.6) is 0 Å². The number of likely N-dealkylation sites (N-methyl/N-ethyl adjacent to an activating group) is 1. The molecule has 1 saturated heterocycles. The Balaban J connectivity index is 1.86. The Morgan fingerprint density at radius 1 is 1.26 bits per heavy atom. The molecule has 3 nitrogen and oxygen atoms in total. The number of amides is 1. The Morgan fingerprint density at radius 2 is 1.89 bits per heavy atom. The van der Waals surface area contributed by atoms with Crippen molar-refractivity contribution in [2.45, 2.75) is 18.7 Å². The van der Waals surface area contributed by atoms with Crippen LogP contribution < -0.4 is 0 Å². The van der Waals surface area contributed by atoms with Crippen LogP contribution in [0, 0.1) is 0 Å². The monoisotopic (exact) mass is 280 g/mol. The van der Waals surface area contributed by atoms with E-state index in [2.05, 4.69) is 4.90 Å². The van der Waals surface area contributed by atoms with E-state index in [1.807, 2.05) is 31.3 Å². The first-order valence-electron chi connectivity index (χ1n) is 6.83. The Labute approximate surface area is 120 Å². The van der Waals surface area contributed by atoms with Crippen LogP contribution in [0.1, 0.15) is 28.8 Å². The van der Waals surface area contributed by atoms with Crippen molar-refractivity contribution in [1.29, 1.82) is 0 Å². The molecule has 2 rings (SSSR count). The van der Waals surface area contributed by atoms with Gasteiger partial charge in [-0.3, -0.25) is 4.79 Å². The Morgan fingerprint density at radius 3 is 2.47 bits per heavy atom. The molecule has 4 heteroatoms. The summed E-state index contributed by atoms with van der Waals surface area (Å²) in [6.45, 7) is 4.11. The van der Waals surface area contributed by atoms with Crippen LogP contribution in [0.4, 0.5) is 0 Å². The number of hydrogen-bond acceptors (Lipinski definition) is 2. The smallest absolute Gasteiger partial charge is 0.253 e. The summed E-state index contributed by atoms with van der Waals surface area (Å²) in [5.41, 5.74) is 1.77. The second-order valence-corrected chi connectivity index (χ2v) is 5.37. The minimum atomic E-state index is 0.0836. The fourth-order valence-corrected chi connectivity index (χ4v) is 2.53. The average Bonchev–Trinajstić information content (AvgIpc) is 2.97. The average molecular weight is 281 g/mol. The third-order valence-corrected chi connectivity index (χ3v) is 3.96. The lowest BCUT2D eigenvalue weighted by Crippen LogP contribution is -2.35. The van der Waals surface area contributed by atoms with Gasteiger partial charge in [0.25, 0.3) is 5.91 Å². The van der Waals surface area contributed by atoms with Crippen molar-refractivity contribution in [2.24, 2.45) is 0 Å². The summed E-state index contributed by atoms with van der Waals surface area (Å²) in [5.74, 6) is 0.569. The predicted octanol–water partition coefficient (Wildman–Crippen LogP) is 2.59. The number of carbonyl (C=O) groups excluding carboxylic acids is 1. The molecule has 0 aliphatic carbocycles. The van der Waals surface area contributed by atoms with Gasteiger partial charge in [0.05, 0.1) is 0 Å². The maximum absolute atomic E-state index is 12.2. The van der Waals surface area contributed by atoms with Gasteiger partial charge in [0.1, 0.15) is 0 Å². The van der Waals surface area contributed by atoms with Gasteiger partial charge < -0.3 is 9.80 Å². The molecule has 1 aromatic carbocycles. The first kappa shape index (κ1) is 14.4. The highest BCUT2D eigenvalue weighted by molar-refractivity contribution is 6.17. The molecule has 0 unspecified atom stereocenters. The van der Waals surface area contributed by atoms with Gasteiger partial charge in [0.2, 0.25) is 0 Å². The second kappa shape index (κ2) is 6.92. The lowest BCUT2D eigenvalue weighted by molar-refractivity contribution is 0.0782. The van der Waals surface area contributed by atoms with Gasteiger partial charge in [0.15, 0.2) is 0 Å². The van der Waals surface area contributed by atoms with E-state index in [-0.39, 0.29) is 5.91 Å². The molecule has 1 aliphatic rings. The summed E-state index contributed by atoms with van der Waals surface area (Å²) in [5, 5.41) is 0. The molecule has 104 valence electrons. The van der Waals surface area contributed by atoms with Crippen molar-refractivity contribution in [3.05, 3.63) is 35.4 Å². The molecule has 1 heterocycles. The molecule has 0 spiro atoms. The first-order valence-corrected chi connectivity index (χ1v) is 7.37. The summed E-state index contributed by atoms with van der Waals surface area (Å²) in [7, 11) is 1.87. The van der Waals surface area contributed by atoms with Crippen molar-refractivity contribution in [1.82, 2.24) is 9.80 Å². The lowest BCUT2D eigenvalue weighted by Gasteiger charge is -2.21. The molecule has 0 bridgehead atoms. The third kappa shape index (κ3) is 3.95. The molecule has 0 N–H and O–H groups in total. The van der Waals surface area contributed by atoms with E-state index < -0.39 is 0 Å². The summed E-state index contributed by atoms with van der Waals surface area (Å²) in [6.07, 6.45) is 2.58. The highest BCUT2D eigenvalue weighted by Crippen LogP contribution is 2.10. The van der Waals surface area contributed by atoms with Gasteiger partial charge in [-0.25, -0.2) is 0 Å². The molecule has 1 fully saturated rings. The van der Waals surface area contributed by atoms with E-state index >= 15 is 0 Å². The zero-order chi connectivity index (χ0) is 13.7. The zero-order valence-electron chi connectivity index (χ0n) is 11.4. The number of rotatable bonds is 5. The maximum Gasteiger partial charge on any atom is 0.253 e. The van der Waals surface area contributed by atoms with Gasteiger partial charge >= 0.3 is 0 Å². The Hall–Kier alpha value is -1.06. The van der Waals surface area contributed by atoms with Crippen LogP contribution in [0.25, 0.3) is 0 Å². The van der Waals surface area contributed by atoms with Crippen LogP contribution in [0.2, 0.25) is 0 Å². The number of likely N-dealkylation sites (tertiary alicyclic amines) is 1. The number of nitrogens with zero attached hydrogens (tertiary/aromatic N) is 2. The van der Waals surface area contributed by atoms with Crippen LogP contribution in [0.15, 0.2) is 24.3 Å². The summed E-state index contributed by atoms with van der Waals surface area (Å²) in [6, 6.07) is 7.53. The van der Waals surface area contributed by atoms with E-state index in [1.54, 1.807) is 4.90 Å². The minimum Gasteiger partial charge on any atom is -0.340 e. The van der Waals surface area contributed by atoms with E-state index in [9.17, 15) is 4.79 Å². The maximum atomic E-state index is 12.2. The van der Waals surface area contributed by atoms with Crippen molar-refractivity contribution >= 4 is 17.5 Å². The minimum absolute atomic E-state index is 0.0836. The molecule has 1 aliphatic heterocycles. The molecular weight excluding hydrogens is 260 g/mol. The SMILES string of the molecule is CN(CCN1CCCC1)C(=O)c1ccc(CCl)cc1. The Kier molecular flexibility index (Phi) is 5.23. The standard InChI is InChI=1S/C15H21ClN2O/c1-17(10-11-18-8-2-3-9-18)15(19)14-6-4-13(12-16)5-7-14/h4-7H,2-3,8-12H2,1H3. The van der Waals surface area contributed by atoms with Crippen molar-refractivity contribution < 1.29 is 4.79 Å². The van der Waals surface area contributed by atoms with Crippen molar-refractivity contribution in [3.63, 3.8) is 0 Å². The lowest BCUT2D eigenvalue weighted by atomic mass is 10.1. The second-order valence-electron chi connectivity index (χ2n) is 5.11. The van der Waals surface area contributed by atoms with Crippen molar-refractivity contribution in [2.75, 3.05) is 33.2 Å². The Bertz CT molecular complexity index is 413. The van der Waals surface area contributed by atoms with Crippen LogP contribution in [-0.4, -0.2) is 48.9 Å². The fraction of sp³-hybridized carbons (Fsp3) is 0.533. The zero-order valence-corrected chi connectivity index (χ0v) is 12.2. The number of alkyl halides is 1. The molecule has 0 radical (unpaired) electrons. The predicted molar refractivity (Wildman–Crippen MR) is 78.6 cm³/mol. The largest absolute Gasteiger partial charge is 0.340 e. The molecule has 1 aromatic rings. The summed E-state index contributed by atoms with van der Waals surface area (Å²) >= 11 is 5.74. The van der Waals surface area contributed by atoms with Crippen LogP contribution in [0.3, 0.4) is 0 Å². The highest BCUT2D eigenvalue weighted by atomic mass is 35.5. The van der Waals surface area contributed by atoms with Gasteiger partial charge in [-0.1, -0.05) is 12.1 Å². The van der Waals surface area contributed by atoms with E-state index in [1.165, 1.54) is 25.9 Å².